The summed E-state index contributed by atoms with van der Waals surface area (Å²) < 4.78 is 0. The number of hydrogen-bond donors (Lipinski definition) is 1. The van der Waals surface area contributed by atoms with Gasteiger partial charge in [0.2, 0.25) is 0 Å². The molecule has 0 atom stereocenters. The lowest BCUT2D eigenvalue weighted by atomic mass is 9.79. The third-order valence-electron chi connectivity index (χ3n) is 4.36. The highest BCUT2D eigenvalue weighted by atomic mass is 35.5. The van der Waals surface area contributed by atoms with E-state index >= 15 is 0 Å². The number of nitrogens with one attached hydrogen (secondary N) is 1. The van der Waals surface area contributed by atoms with E-state index in [0.29, 0.717) is 10.6 Å². The molecular formula is C16H18ClN3S. The van der Waals surface area contributed by atoms with E-state index < -0.39 is 0 Å². The molecule has 0 unspecified atom stereocenters. The molecule has 1 saturated carbocycles. The molecule has 1 aliphatic carbocycles. The normalized spacial score (nSPS) is 28.2. The quantitative estimate of drug-likeness (QED) is 0.818. The second kappa shape index (κ2) is 5.90. The van der Waals surface area contributed by atoms with Crippen LogP contribution in [0, 0.1) is 17.2 Å². The Morgan fingerprint density at radius 3 is 2.86 bits per heavy atom. The van der Waals surface area contributed by atoms with Crippen LogP contribution in [0.4, 0.5) is 5.69 Å². The van der Waals surface area contributed by atoms with Gasteiger partial charge in [-0.25, -0.2) is 0 Å². The molecule has 1 N–H and O–H groups in total. The summed E-state index contributed by atoms with van der Waals surface area (Å²) in [5.41, 5.74) is 1.53. The molecule has 5 heteroatoms. The third kappa shape index (κ3) is 3.20. The molecule has 1 aromatic carbocycles. The minimum atomic E-state index is 0.137. The maximum absolute atomic E-state index is 8.87. The summed E-state index contributed by atoms with van der Waals surface area (Å²) in [6.07, 6.45) is 4.92. The number of thioether (sulfide) groups is 1. The fraction of sp³-hybridized carbons (Fsp3) is 0.500. The van der Waals surface area contributed by atoms with Gasteiger partial charge in [0.15, 0.2) is 5.17 Å². The molecule has 1 heterocycles. The number of amidine groups is 1. The number of benzene rings is 1. The zero-order valence-electron chi connectivity index (χ0n) is 12.0. The van der Waals surface area contributed by atoms with E-state index in [1.165, 1.54) is 25.7 Å². The highest BCUT2D eigenvalue weighted by Gasteiger charge is 2.38. The van der Waals surface area contributed by atoms with Gasteiger partial charge in [-0.1, -0.05) is 30.3 Å². The first-order chi connectivity index (χ1) is 10.1. The minimum absolute atomic E-state index is 0.137. The van der Waals surface area contributed by atoms with Crippen molar-refractivity contribution in [3.63, 3.8) is 0 Å². The van der Waals surface area contributed by atoms with Crippen LogP contribution in [0.25, 0.3) is 0 Å². The Bertz CT molecular complexity index is 612. The first-order valence-corrected chi connectivity index (χ1v) is 8.66. The van der Waals surface area contributed by atoms with Gasteiger partial charge in [0, 0.05) is 5.75 Å². The number of rotatable bonds is 1. The topological polar surface area (TPSA) is 48.2 Å². The summed E-state index contributed by atoms with van der Waals surface area (Å²) in [7, 11) is 0. The summed E-state index contributed by atoms with van der Waals surface area (Å²) in [5.74, 6) is 1.90. The average molecular weight is 320 g/mol. The van der Waals surface area contributed by atoms with Gasteiger partial charge in [0.05, 0.1) is 27.9 Å². The van der Waals surface area contributed by atoms with Crippen molar-refractivity contribution < 1.29 is 0 Å². The molecule has 3 nitrogen and oxygen atoms in total. The summed E-state index contributed by atoms with van der Waals surface area (Å²) in [5, 5.41) is 13.7. The van der Waals surface area contributed by atoms with Gasteiger partial charge < -0.3 is 5.32 Å². The Morgan fingerprint density at radius 2 is 2.19 bits per heavy atom. The van der Waals surface area contributed by atoms with Gasteiger partial charge in [-0.15, -0.1) is 0 Å². The molecule has 21 heavy (non-hydrogen) atoms. The summed E-state index contributed by atoms with van der Waals surface area (Å²) >= 11 is 7.98. The first kappa shape index (κ1) is 14.7. The van der Waals surface area contributed by atoms with Gasteiger partial charge in [0.25, 0.3) is 0 Å². The van der Waals surface area contributed by atoms with Gasteiger partial charge in [-0.2, -0.15) is 5.26 Å². The van der Waals surface area contributed by atoms with E-state index in [4.69, 9.17) is 21.9 Å². The van der Waals surface area contributed by atoms with Crippen LogP contribution in [0.15, 0.2) is 23.2 Å². The van der Waals surface area contributed by atoms with Crippen molar-refractivity contribution in [2.24, 2.45) is 10.9 Å². The van der Waals surface area contributed by atoms with Crippen molar-refractivity contribution in [3.8, 4) is 6.07 Å². The molecule has 0 aromatic heterocycles. The van der Waals surface area contributed by atoms with Crippen molar-refractivity contribution in [2.45, 2.75) is 38.1 Å². The van der Waals surface area contributed by atoms with Crippen LogP contribution in [0.3, 0.4) is 0 Å². The van der Waals surface area contributed by atoms with Gasteiger partial charge in [-0.05, 0) is 49.8 Å². The fourth-order valence-corrected chi connectivity index (χ4v) is 4.33. The van der Waals surface area contributed by atoms with Crippen LogP contribution in [0.2, 0.25) is 5.02 Å². The summed E-state index contributed by atoms with van der Waals surface area (Å²) in [6.45, 7) is 2.33. The van der Waals surface area contributed by atoms with E-state index in [0.717, 1.165) is 22.5 Å². The molecule has 0 amide bonds. The van der Waals surface area contributed by atoms with E-state index in [9.17, 15) is 0 Å². The number of nitrogens with zero attached hydrogens (tertiary/aromatic N) is 2. The van der Waals surface area contributed by atoms with Crippen molar-refractivity contribution >= 4 is 34.2 Å². The summed E-state index contributed by atoms with van der Waals surface area (Å²) in [6, 6.07) is 7.39. The predicted molar refractivity (Wildman–Crippen MR) is 90.0 cm³/mol. The maximum Gasteiger partial charge on any atom is 0.161 e. The Morgan fingerprint density at radius 1 is 1.43 bits per heavy atom. The second-order valence-corrected chi connectivity index (χ2v) is 7.42. The zero-order valence-corrected chi connectivity index (χ0v) is 13.6. The second-order valence-electron chi connectivity index (χ2n) is 6.04. The minimum Gasteiger partial charge on any atom is -0.334 e. The van der Waals surface area contributed by atoms with Crippen molar-refractivity contribution in [1.82, 2.24) is 0 Å². The van der Waals surface area contributed by atoms with Crippen LogP contribution in [0.1, 0.15) is 38.2 Å². The van der Waals surface area contributed by atoms with Crippen LogP contribution in [0.5, 0.6) is 0 Å². The molecule has 0 saturated heterocycles. The molecule has 1 aromatic rings. The number of hydrogen-bond acceptors (Lipinski definition) is 4. The third-order valence-corrected chi connectivity index (χ3v) is 5.82. The lowest BCUT2D eigenvalue weighted by Gasteiger charge is -2.32. The molecule has 1 spiro atoms. The number of anilines is 1. The lowest BCUT2D eigenvalue weighted by Crippen LogP contribution is -2.32. The van der Waals surface area contributed by atoms with Gasteiger partial charge in [-0.3, -0.25) is 4.99 Å². The average Bonchev–Trinajstić information content (AvgIpc) is 2.88. The molecule has 110 valence electrons. The Labute approximate surface area is 134 Å². The SMILES string of the molecule is CC1CCC2(CC1)CSC(Nc1ccc(C#N)cc1Cl)=N2. The smallest absolute Gasteiger partial charge is 0.161 e. The lowest BCUT2D eigenvalue weighted by molar-refractivity contribution is 0.273. The predicted octanol–water partition coefficient (Wildman–Crippen LogP) is 4.68. The van der Waals surface area contributed by atoms with Gasteiger partial charge in [0.1, 0.15) is 0 Å². The van der Waals surface area contributed by atoms with Crippen LogP contribution in [-0.4, -0.2) is 16.5 Å². The highest BCUT2D eigenvalue weighted by molar-refractivity contribution is 8.14. The molecule has 0 bridgehead atoms. The van der Waals surface area contributed by atoms with Crippen molar-refractivity contribution in [2.75, 3.05) is 11.1 Å². The van der Waals surface area contributed by atoms with Crippen LogP contribution < -0.4 is 5.32 Å². The molecule has 3 rings (SSSR count). The first-order valence-electron chi connectivity index (χ1n) is 7.30. The Hall–Kier alpha value is -1.18. The maximum atomic E-state index is 8.87. The molecule has 1 aliphatic heterocycles. The van der Waals surface area contributed by atoms with E-state index in [-0.39, 0.29) is 5.54 Å². The van der Waals surface area contributed by atoms with E-state index in [1.54, 1.807) is 23.9 Å². The van der Waals surface area contributed by atoms with Gasteiger partial charge >= 0.3 is 0 Å². The Balaban J connectivity index is 1.73. The largest absolute Gasteiger partial charge is 0.334 e. The van der Waals surface area contributed by atoms with Crippen LogP contribution >= 0.6 is 23.4 Å². The number of halogens is 1. The molecule has 1 fully saturated rings. The van der Waals surface area contributed by atoms with Crippen molar-refractivity contribution in [3.05, 3.63) is 28.8 Å². The van der Waals surface area contributed by atoms with Crippen LogP contribution in [-0.2, 0) is 0 Å². The Kier molecular flexibility index (Phi) is 4.14. The molecular weight excluding hydrogens is 302 g/mol. The van der Waals surface area contributed by atoms with E-state index in [1.807, 2.05) is 6.07 Å². The zero-order chi connectivity index (χ0) is 14.9. The summed E-state index contributed by atoms with van der Waals surface area (Å²) in [4.78, 5) is 4.94. The highest BCUT2D eigenvalue weighted by Crippen LogP contribution is 2.42. The molecule has 2 aliphatic rings. The fourth-order valence-electron chi connectivity index (χ4n) is 2.90. The number of aliphatic imine (C=N–C) groups is 1. The number of nitriles is 1. The van der Waals surface area contributed by atoms with E-state index in [2.05, 4.69) is 18.3 Å². The molecule has 0 radical (unpaired) electrons. The monoisotopic (exact) mass is 319 g/mol. The van der Waals surface area contributed by atoms with Crippen molar-refractivity contribution in [1.29, 1.82) is 5.26 Å². The standard InChI is InChI=1S/C16H18ClN3S/c1-11-4-6-16(7-5-11)10-21-15(20-16)19-14-3-2-12(9-18)8-13(14)17/h2-3,8,11H,4-7,10H2,1H3,(H,19,20).